The van der Waals surface area contributed by atoms with E-state index in [1.54, 1.807) is 0 Å². The van der Waals surface area contributed by atoms with Crippen LogP contribution < -0.4 is 33.3 Å². The van der Waals surface area contributed by atoms with Gasteiger partial charge in [-0.1, -0.05) is 0 Å². The van der Waals surface area contributed by atoms with Gasteiger partial charge in [-0.15, -0.1) is 0 Å². The van der Waals surface area contributed by atoms with Crippen molar-refractivity contribution in [1.82, 2.24) is 10.4 Å². The van der Waals surface area contributed by atoms with E-state index < -0.39 is 26.7 Å². The molecular formula is C4H8Cl2N2O8. The monoisotopic (exact) mass is 282 g/mol. The Morgan fingerprint density at radius 2 is 1.69 bits per heavy atom. The molecule has 1 heterocycles. The molecule has 0 spiro atoms. The second-order valence-electron chi connectivity index (χ2n) is 2.71. The van der Waals surface area contributed by atoms with E-state index in [2.05, 4.69) is 14.0 Å². The second kappa shape index (κ2) is 5.22. The highest BCUT2D eigenvalue weighted by Gasteiger charge is 2.44. The number of nitrogens with one attached hydrogen (secondary N) is 1. The summed E-state index contributed by atoms with van der Waals surface area (Å²) in [5, 5.41) is 3.08. The summed E-state index contributed by atoms with van der Waals surface area (Å²) in [5.41, 5.74) is 0. The molecule has 12 heteroatoms. The molecule has 1 aliphatic heterocycles. The van der Waals surface area contributed by atoms with E-state index in [9.17, 15) is 28.0 Å². The Balaban J connectivity index is 2.57. The summed E-state index contributed by atoms with van der Waals surface area (Å²) in [6.45, 7) is -0.0790. The normalized spacial score (nSPS) is 24.8. The minimum atomic E-state index is -4.77. The van der Waals surface area contributed by atoms with Gasteiger partial charge in [-0.25, -0.2) is 0 Å². The third-order valence-corrected chi connectivity index (χ3v) is 2.30. The predicted molar refractivity (Wildman–Crippen MR) is 25.5 cm³/mol. The summed E-state index contributed by atoms with van der Waals surface area (Å²) >= 11 is 0. The van der Waals surface area contributed by atoms with Crippen molar-refractivity contribution in [1.29, 1.82) is 0 Å². The van der Waals surface area contributed by atoms with Gasteiger partial charge < -0.3 is 5.32 Å². The van der Waals surface area contributed by atoms with E-state index in [4.69, 9.17) is 0 Å². The quantitative estimate of drug-likeness (QED) is 0.521. The van der Waals surface area contributed by atoms with Crippen LogP contribution in [-0.2, 0) is 8.68 Å². The van der Waals surface area contributed by atoms with E-state index in [1.165, 1.54) is 0 Å². The molecule has 0 aliphatic carbocycles. The van der Waals surface area contributed by atoms with Gasteiger partial charge in [0.05, 0.1) is 27.6 Å². The first-order valence-corrected chi connectivity index (χ1v) is 6.31. The summed E-state index contributed by atoms with van der Waals surface area (Å²) < 4.78 is 69.4. The fraction of sp³-hybridized carbons (Fsp3) is 1.00. The lowest BCUT2D eigenvalue weighted by Gasteiger charge is -2.28. The first-order chi connectivity index (χ1) is 7.17. The summed E-state index contributed by atoms with van der Waals surface area (Å²) in [6, 6.07) is 0. The summed E-state index contributed by atoms with van der Waals surface area (Å²) in [5.74, 6) is 0. The van der Waals surface area contributed by atoms with Crippen molar-refractivity contribution in [3.05, 3.63) is 0 Å². The standard InChI is InChI=1S/C4H8Cl2N2O8/c9-5(10,11)15-4-3-7-1-2-8(4)16-6(12,13)14/h4,7H,1-3H2. The highest BCUT2D eigenvalue weighted by Crippen LogP contribution is 2.11. The van der Waals surface area contributed by atoms with Gasteiger partial charge in [-0.3, -0.25) is 0 Å². The Hall–Kier alpha value is 0.180. The SMILES string of the molecule is [O-][Cl+3]([O-])([O-])OC1CNCCN1O[Cl+3]([O-])([O-])[O-]. The first-order valence-electron chi connectivity index (χ1n) is 3.84. The van der Waals surface area contributed by atoms with Crippen LogP contribution >= 0.6 is 0 Å². The lowest BCUT2D eigenvalue weighted by atomic mass is 10.4. The van der Waals surface area contributed by atoms with Gasteiger partial charge in [0.25, 0.3) is 0 Å². The van der Waals surface area contributed by atoms with Gasteiger partial charge >= 0.3 is 6.23 Å². The third kappa shape index (κ3) is 5.49. The van der Waals surface area contributed by atoms with Gasteiger partial charge in [-0.05, 0) is 0 Å². The molecular weight excluding hydrogens is 275 g/mol. The van der Waals surface area contributed by atoms with E-state index in [1.807, 2.05) is 0 Å². The molecule has 96 valence electrons. The molecule has 1 fully saturated rings. The van der Waals surface area contributed by atoms with E-state index in [0.29, 0.717) is 5.06 Å². The lowest BCUT2D eigenvalue weighted by molar-refractivity contribution is -1.93. The van der Waals surface area contributed by atoms with Crippen molar-refractivity contribution in [3.8, 4) is 0 Å². The fourth-order valence-electron chi connectivity index (χ4n) is 1.05. The smallest absolute Gasteiger partial charge is 0.311 e. The number of halogens is 2. The Kier molecular flexibility index (Phi) is 4.65. The Bertz CT molecular complexity index is 205. The molecule has 1 rings (SSSR count). The first kappa shape index (κ1) is 14.2. The summed E-state index contributed by atoms with van der Waals surface area (Å²) in [4.78, 5) is 0. The number of hydrogen-bond donors (Lipinski definition) is 1. The molecule has 1 unspecified atom stereocenters. The van der Waals surface area contributed by atoms with Crippen LogP contribution in [0.25, 0.3) is 0 Å². The highest BCUT2D eigenvalue weighted by atomic mass is 35.7. The third-order valence-electron chi connectivity index (χ3n) is 1.53. The Labute approximate surface area is 94.0 Å². The van der Waals surface area contributed by atoms with Gasteiger partial charge in [0.1, 0.15) is 10.2 Å². The average Bonchev–Trinajstić information content (AvgIpc) is 2.03. The minimum absolute atomic E-state index is 0.135. The van der Waals surface area contributed by atoms with Gasteiger partial charge in [0.2, 0.25) is 0 Å². The number of nitrogens with zero attached hydrogens (tertiary/aromatic N) is 1. The van der Waals surface area contributed by atoms with Crippen molar-refractivity contribution < 1.29 is 57.1 Å². The molecule has 10 nitrogen and oxygen atoms in total. The summed E-state index contributed by atoms with van der Waals surface area (Å²) in [6.07, 6.45) is -1.51. The molecule has 0 bridgehead atoms. The van der Waals surface area contributed by atoms with Gasteiger partial charge in [0.15, 0.2) is 4.39 Å². The van der Waals surface area contributed by atoms with E-state index in [0.717, 1.165) is 0 Å². The molecule has 1 saturated heterocycles. The maximum atomic E-state index is 10.3. The predicted octanol–water partition coefficient (Wildman–Crippen LogP) is -8.04. The van der Waals surface area contributed by atoms with Crippen molar-refractivity contribution in [2.45, 2.75) is 6.23 Å². The molecule has 1 N–H and O–H groups in total. The van der Waals surface area contributed by atoms with Crippen molar-refractivity contribution in [2.24, 2.45) is 0 Å². The zero-order chi connectivity index (χ0) is 12.4. The average molecular weight is 283 g/mol. The minimum Gasteiger partial charge on any atom is -0.311 e. The van der Waals surface area contributed by atoms with E-state index >= 15 is 0 Å². The molecule has 0 aromatic carbocycles. The topological polar surface area (TPSA) is 172 Å². The molecule has 1 atom stereocenters. The maximum absolute atomic E-state index is 10.3. The number of rotatable bonds is 4. The lowest BCUT2D eigenvalue weighted by Crippen LogP contribution is -2.69. The van der Waals surface area contributed by atoms with Crippen LogP contribution in [0, 0.1) is 20.5 Å². The van der Waals surface area contributed by atoms with Crippen LogP contribution in [0.2, 0.25) is 0 Å². The number of hydroxylamine groups is 2. The molecule has 1 aliphatic rings. The summed E-state index contributed by atoms with van der Waals surface area (Å²) in [7, 11) is -9.52. The van der Waals surface area contributed by atoms with E-state index in [-0.39, 0.29) is 19.6 Å². The van der Waals surface area contributed by atoms with Gasteiger partial charge in [0, 0.05) is 11.6 Å². The number of piperazine rings is 1. The molecule has 0 aromatic rings. The molecule has 16 heavy (non-hydrogen) atoms. The fourth-order valence-corrected chi connectivity index (χ4v) is 1.83. The van der Waals surface area contributed by atoms with Crippen LogP contribution in [0.5, 0.6) is 0 Å². The molecule has 0 aromatic heterocycles. The molecule has 0 saturated carbocycles. The zero-order valence-corrected chi connectivity index (χ0v) is 9.18. The molecule has 0 amide bonds. The number of hydrogen-bond acceptors (Lipinski definition) is 10. The highest BCUT2D eigenvalue weighted by molar-refractivity contribution is 4.64. The van der Waals surface area contributed by atoms with Crippen molar-refractivity contribution >= 4 is 0 Å². The van der Waals surface area contributed by atoms with Gasteiger partial charge in [-0.2, -0.15) is 28.0 Å². The second-order valence-corrected chi connectivity index (χ2v) is 4.54. The largest absolute Gasteiger partial charge is 0.314 e. The molecule has 0 radical (unpaired) electrons. The van der Waals surface area contributed by atoms with Crippen LogP contribution in [-0.4, -0.2) is 30.9 Å². The van der Waals surface area contributed by atoms with Crippen LogP contribution in [0.15, 0.2) is 0 Å². The Morgan fingerprint density at radius 1 is 1.06 bits per heavy atom. The van der Waals surface area contributed by atoms with Crippen LogP contribution in [0.4, 0.5) is 0 Å². The van der Waals surface area contributed by atoms with Crippen LogP contribution in [0.1, 0.15) is 0 Å². The van der Waals surface area contributed by atoms with Crippen molar-refractivity contribution in [2.75, 3.05) is 19.6 Å². The van der Waals surface area contributed by atoms with Crippen LogP contribution in [0.3, 0.4) is 0 Å². The maximum Gasteiger partial charge on any atom is 0.314 e. The van der Waals surface area contributed by atoms with Crippen molar-refractivity contribution in [3.63, 3.8) is 0 Å². The Morgan fingerprint density at radius 3 is 2.19 bits per heavy atom. The zero-order valence-electron chi connectivity index (χ0n) is 7.67.